The molecule has 0 spiro atoms. The third-order valence-corrected chi connectivity index (χ3v) is 15.3. The Hall–Kier alpha value is -1.39. The van der Waals surface area contributed by atoms with Gasteiger partial charge in [-0.3, -0.25) is 19.4 Å². The van der Waals surface area contributed by atoms with Crippen LogP contribution in [0.2, 0.25) is 0 Å². The molecule has 1 fully saturated rings. The molecule has 1 aliphatic carbocycles. The van der Waals surface area contributed by atoms with Crippen LogP contribution < -0.4 is 0 Å². The Balaban J connectivity index is 2.60. The van der Waals surface area contributed by atoms with Gasteiger partial charge >= 0.3 is 18.1 Å². The van der Waals surface area contributed by atoms with Crippen LogP contribution in [0.4, 0.5) is 13.2 Å². The first-order chi connectivity index (χ1) is 33.6. The highest BCUT2D eigenvalue weighted by molar-refractivity contribution is 5.69. The van der Waals surface area contributed by atoms with E-state index < -0.39 is 12.1 Å². The van der Waals surface area contributed by atoms with Crippen molar-refractivity contribution in [2.24, 2.45) is 17.8 Å². The van der Waals surface area contributed by atoms with Gasteiger partial charge < -0.3 is 14.6 Å². The molecule has 0 bridgehead atoms. The Morgan fingerprint density at radius 3 is 1.20 bits per heavy atom. The van der Waals surface area contributed by atoms with E-state index >= 15 is 0 Å². The molecule has 69 heavy (non-hydrogen) atoms. The number of hydrogen-bond donors (Lipinski definition) is 1. The van der Waals surface area contributed by atoms with Gasteiger partial charge in [0.1, 0.15) is 0 Å². The molecule has 0 saturated heterocycles. The van der Waals surface area contributed by atoms with Crippen LogP contribution >= 0.6 is 0 Å². The van der Waals surface area contributed by atoms with E-state index in [4.69, 9.17) is 9.47 Å². The second-order valence-corrected chi connectivity index (χ2v) is 21.6. The molecule has 10 heteroatoms. The maximum Gasteiger partial charge on any atom is 0.391 e. The molecule has 410 valence electrons. The fourth-order valence-electron chi connectivity index (χ4n) is 10.6. The van der Waals surface area contributed by atoms with Crippen molar-refractivity contribution in [3.05, 3.63) is 0 Å². The van der Waals surface area contributed by atoms with Gasteiger partial charge in [0.15, 0.2) is 0 Å². The third-order valence-electron chi connectivity index (χ3n) is 15.3. The third kappa shape index (κ3) is 38.8. The van der Waals surface area contributed by atoms with Gasteiger partial charge in [-0.15, -0.1) is 0 Å². The predicted molar refractivity (Wildman–Crippen MR) is 285 cm³/mol. The summed E-state index contributed by atoms with van der Waals surface area (Å²) in [6, 6.07) is 0.113. The number of aliphatic hydroxyl groups excluding tert-OH is 1. The van der Waals surface area contributed by atoms with Crippen molar-refractivity contribution in [3.63, 3.8) is 0 Å². The van der Waals surface area contributed by atoms with Crippen LogP contribution in [0.5, 0.6) is 0 Å². The second-order valence-electron chi connectivity index (χ2n) is 21.6. The maximum absolute atomic E-state index is 13.6. The van der Waals surface area contributed by atoms with E-state index in [0.29, 0.717) is 57.3 Å². The minimum absolute atomic E-state index is 0.0522. The molecule has 1 N–H and O–H groups in total. The molecule has 0 aromatic heterocycles. The zero-order valence-electron chi connectivity index (χ0n) is 45.9. The minimum atomic E-state index is -4.13. The molecule has 0 aromatic rings. The molecule has 0 amide bonds. The number of ether oxygens (including phenoxy) is 2. The summed E-state index contributed by atoms with van der Waals surface area (Å²) >= 11 is 0. The highest BCUT2D eigenvalue weighted by Crippen LogP contribution is 2.39. The Bertz CT molecular complexity index is 1100. The number of rotatable bonds is 50. The fourth-order valence-corrected chi connectivity index (χ4v) is 10.6. The van der Waals surface area contributed by atoms with Crippen molar-refractivity contribution in [3.8, 4) is 0 Å². The molecule has 1 aliphatic rings. The van der Waals surface area contributed by atoms with Gasteiger partial charge in [-0.2, -0.15) is 13.2 Å². The van der Waals surface area contributed by atoms with Crippen LogP contribution in [0.15, 0.2) is 0 Å². The van der Waals surface area contributed by atoms with E-state index in [-0.39, 0.29) is 37.4 Å². The first kappa shape index (κ1) is 65.6. The van der Waals surface area contributed by atoms with Crippen LogP contribution in [-0.4, -0.2) is 91.6 Å². The number of nitrogens with zero attached hydrogens (tertiary/aromatic N) is 2. The van der Waals surface area contributed by atoms with Gasteiger partial charge in [0.25, 0.3) is 0 Å². The monoisotopic (exact) mass is 987 g/mol. The summed E-state index contributed by atoms with van der Waals surface area (Å²) in [7, 11) is 0. The number of aliphatic hydroxyl groups is 1. The van der Waals surface area contributed by atoms with Crippen molar-refractivity contribution in [1.82, 2.24) is 9.80 Å². The molecule has 1 rings (SSSR count). The summed E-state index contributed by atoms with van der Waals surface area (Å²) in [5.74, 6) is -0.489. The van der Waals surface area contributed by atoms with Crippen molar-refractivity contribution in [2.75, 3.05) is 52.5 Å². The van der Waals surface area contributed by atoms with Gasteiger partial charge in [-0.1, -0.05) is 195 Å². The number of hydrogen-bond acceptors (Lipinski definition) is 7. The average molecular weight is 988 g/mol. The molecule has 0 unspecified atom stereocenters. The molecular formula is C59H113F3N2O5. The number of unbranched alkanes of at least 4 members (excludes halogenated alkanes) is 24. The molecule has 0 atom stereocenters. The van der Waals surface area contributed by atoms with E-state index in [1.54, 1.807) is 0 Å². The van der Waals surface area contributed by atoms with Crippen LogP contribution in [0.1, 0.15) is 285 Å². The molecule has 0 aliphatic heterocycles. The first-order valence-electron chi connectivity index (χ1n) is 30.0. The van der Waals surface area contributed by atoms with E-state index in [1.165, 1.54) is 154 Å². The quantitative estimate of drug-likeness (QED) is 0.0480. The van der Waals surface area contributed by atoms with E-state index in [9.17, 15) is 27.9 Å². The molecule has 0 radical (unpaired) electrons. The Morgan fingerprint density at radius 2 is 0.826 bits per heavy atom. The van der Waals surface area contributed by atoms with Crippen molar-refractivity contribution >= 4 is 11.9 Å². The second kappa shape index (κ2) is 46.4. The summed E-state index contributed by atoms with van der Waals surface area (Å²) in [6.07, 6.45) is 38.6. The Kier molecular flexibility index (Phi) is 44.1. The SMILES string of the molecule is CCCCCCCCC(CCCCCCCC)COC(=O)CCCCCN(CCO)CCN(CCCCCC(=O)OCC(CCCCCCCC)CCCCCCCC)C1CCC(C(F)(F)F)CC1. The molecule has 0 heterocycles. The van der Waals surface area contributed by atoms with Crippen LogP contribution in [0.25, 0.3) is 0 Å². The van der Waals surface area contributed by atoms with Gasteiger partial charge in [-0.25, -0.2) is 0 Å². The Labute approximate surface area is 424 Å². The summed E-state index contributed by atoms with van der Waals surface area (Å²) in [6.45, 7) is 13.8. The predicted octanol–water partition coefficient (Wildman–Crippen LogP) is 17.1. The average Bonchev–Trinajstić information content (AvgIpc) is 3.34. The van der Waals surface area contributed by atoms with E-state index in [1.807, 2.05) is 0 Å². The smallest absolute Gasteiger partial charge is 0.391 e. The summed E-state index contributed by atoms with van der Waals surface area (Å²) in [4.78, 5) is 30.4. The maximum atomic E-state index is 13.6. The number of alkyl halides is 3. The molecular weight excluding hydrogens is 874 g/mol. The summed E-state index contributed by atoms with van der Waals surface area (Å²) in [5.41, 5.74) is 0. The zero-order valence-corrected chi connectivity index (χ0v) is 45.9. The Morgan fingerprint density at radius 1 is 0.464 bits per heavy atom. The number of carbonyl (C=O) groups is 2. The highest BCUT2D eigenvalue weighted by Gasteiger charge is 2.42. The van der Waals surface area contributed by atoms with Crippen LogP contribution in [-0.2, 0) is 19.1 Å². The van der Waals surface area contributed by atoms with Crippen LogP contribution in [0.3, 0.4) is 0 Å². The minimum Gasteiger partial charge on any atom is -0.465 e. The lowest BCUT2D eigenvalue weighted by Gasteiger charge is -2.38. The van der Waals surface area contributed by atoms with Gasteiger partial charge in [0.2, 0.25) is 0 Å². The lowest BCUT2D eigenvalue weighted by Crippen LogP contribution is -2.45. The normalized spacial score (nSPS) is 15.6. The summed E-state index contributed by atoms with van der Waals surface area (Å²) in [5, 5.41) is 9.94. The van der Waals surface area contributed by atoms with Gasteiger partial charge in [0, 0.05) is 38.5 Å². The van der Waals surface area contributed by atoms with Gasteiger partial charge in [0.05, 0.1) is 25.7 Å². The van der Waals surface area contributed by atoms with Gasteiger partial charge in [-0.05, 0) is 102 Å². The van der Waals surface area contributed by atoms with Crippen molar-refractivity contribution < 1.29 is 37.3 Å². The van der Waals surface area contributed by atoms with Crippen molar-refractivity contribution in [1.29, 1.82) is 0 Å². The van der Waals surface area contributed by atoms with Crippen LogP contribution in [0, 0.1) is 17.8 Å². The first-order valence-corrected chi connectivity index (χ1v) is 30.0. The highest BCUT2D eigenvalue weighted by atomic mass is 19.4. The van der Waals surface area contributed by atoms with E-state index in [2.05, 4.69) is 37.5 Å². The van der Waals surface area contributed by atoms with E-state index in [0.717, 1.165) is 90.4 Å². The lowest BCUT2D eigenvalue weighted by molar-refractivity contribution is -0.184. The zero-order chi connectivity index (χ0) is 50.5. The molecule has 0 aromatic carbocycles. The largest absolute Gasteiger partial charge is 0.465 e. The summed E-state index contributed by atoms with van der Waals surface area (Å²) < 4.78 is 52.6. The fraction of sp³-hybridized carbons (Fsp3) is 0.966. The molecule has 7 nitrogen and oxygen atoms in total. The standard InChI is InChI=1S/C59H113F3N2O5/c1-5-9-13-17-21-27-35-53(36-28-22-18-14-10-6-2)51-68-57(66)39-31-25-33-45-63(49-50-65)47-48-64(56-43-41-55(42-44-56)59(60,61)62)46-34-26-32-40-58(67)69-52-54(37-29-23-19-15-11-7-3)38-30-24-20-16-12-8-4/h53-56,65H,5-52H2,1-4H3. The molecule has 1 saturated carbocycles. The van der Waals surface area contributed by atoms with Crippen molar-refractivity contribution in [2.45, 2.75) is 297 Å². The lowest BCUT2D eigenvalue weighted by atomic mass is 9.84. The number of halogens is 3. The number of carbonyl (C=O) groups excluding carboxylic acids is 2. The number of esters is 2. The topological polar surface area (TPSA) is 79.3 Å².